The molecule has 3 rings (SSSR count). The summed E-state index contributed by atoms with van der Waals surface area (Å²) in [7, 11) is 1.88. The highest BCUT2D eigenvalue weighted by atomic mass is 16.5. The minimum atomic E-state index is -0.145. The number of benzene rings is 1. The van der Waals surface area contributed by atoms with E-state index in [0.29, 0.717) is 25.5 Å². The number of carbonyl (C=O) groups excluding carboxylic acids is 1. The molecule has 1 fully saturated rings. The van der Waals surface area contributed by atoms with Gasteiger partial charge in [0.2, 0.25) is 0 Å². The van der Waals surface area contributed by atoms with Gasteiger partial charge in [0, 0.05) is 44.6 Å². The number of ether oxygens (including phenoxy) is 1. The van der Waals surface area contributed by atoms with Gasteiger partial charge < -0.3 is 19.9 Å². The van der Waals surface area contributed by atoms with Crippen LogP contribution < -0.4 is 10.6 Å². The number of carbonyl (C=O) groups is 1. The van der Waals surface area contributed by atoms with Crippen LogP contribution in [0, 0.1) is 0 Å². The third kappa shape index (κ3) is 4.30. The van der Waals surface area contributed by atoms with Crippen LogP contribution >= 0.6 is 0 Å². The van der Waals surface area contributed by atoms with Gasteiger partial charge in [-0.05, 0) is 37.5 Å². The summed E-state index contributed by atoms with van der Waals surface area (Å²) < 4.78 is 7.39. The third-order valence-corrected chi connectivity index (χ3v) is 5.04. The van der Waals surface area contributed by atoms with Gasteiger partial charge in [-0.2, -0.15) is 0 Å². The summed E-state index contributed by atoms with van der Waals surface area (Å²) in [6.07, 6.45) is 3.66. The highest BCUT2D eigenvalue weighted by molar-refractivity contribution is 5.92. The van der Waals surface area contributed by atoms with Crippen molar-refractivity contribution in [3.8, 4) is 0 Å². The molecule has 5 heteroatoms. The van der Waals surface area contributed by atoms with Crippen LogP contribution in [0.5, 0.6) is 0 Å². The lowest BCUT2D eigenvalue weighted by atomic mass is 9.88. The Kier molecular flexibility index (Phi) is 5.56. The first-order valence-electron chi connectivity index (χ1n) is 8.90. The molecule has 5 nitrogen and oxygen atoms in total. The maximum atomic E-state index is 12.5. The second-order valence-corrected chi connectivity index (χ2v) is 6.86. The van der Waals surface area contributed by atoms with Gasteiger partial charge in [-0.1, -0.05) is 30.3 Å². The van der Waals surface area contributed by atoms with Crippen LogP contribution in [-0.2, 0) is 11.8 Å². The smallest absolute Gasteiger partial charge is 0.267 e. The first kappa shape index (κ1) is 17.7. The lowest BCUT2D eigenvalue weighted by molar-refractivity contribution is 0.0332. The summed E-state index contributed by atoms with van der Waals surface area (Å²) in [5, 5.41) is 6.88. The van der Waals surface area contributed by atoms with Crippen molar-refractivity contribution >= 4 is 5.91 Å². The fourth-order valence-electron chi connectivity index (χ4n) is 3.46. The summed E-state index contributed by atoms with van der Waals surface area (Å²) in [6.45, 7) is 4.20. The van der Waals surface area contributed by atoms with Crippen LogP contribution in [0.25, 0.3) is 0 Å². The van der Waals surface area contributed by atoms with E-state index in [9.17, 15) is 4.79 Å². The highest BCUT2D eigenvalue weighted by Gasteiger charge is 2.34. The summed E-state index contributed by atoms with van der Waals surface area (Å²) in [5.74, 6) is -0.0347. The fraction of sp³-hybridized carbons (Fsp3) is 0.450. The van der Waals surface area contributed by atoms with Gasteiger partial charge in [-0.3, -0.25) is 4.79 Å². The van der Waals surface area contributed by atoms with E-state index in [-0.39, 0.29) is 17.5 Å². The predicted molar refractivity (Wildman–Crippen MR) is 98.5 cm³/mol. The van der Waals surface area contributed by atoms with Crippen LogP contribution in [0.4, 0.5) is 0 Å². The van der Waals surface area contributed by atoms with Crippen LogP contribution in [-0.4, -0.2) is 35.8 Å². The lowest BCUT2D eigenvalue weighted by Gasteiger charge is -2.40. The highest BCUT2D eigenvalue weighted by Crippen LogP contribution is 2.25. The van der Waals surface area contributed by atoms with Gasteiger partial charge in [0.1, 0.15) is 5.69 Å². The van der Waals surface area contributed by atoms with Crippen molar-refractivity contribution in [3.05, 3.63) is 59.9 Å². The van der Waals surface area contributed by atoms with E-state index >= 15 is 0 Å². The summed E-state index contributed by atoms with van der Waals surface area (Å²) >= 11 is 0. The van der Waals surface area contributed by atoms with E-state index in [1.807, 2.05) is 36.0 Å². The molecule has 25 heavy (non-hydrogen) atoms. The molecule has 134 valence electrons. The Morgan fingerprint density at radius 3 is 2.56 bits per heavy atom. The molecule has 0 saturated carbocycles. The van der Waals surface area contributed by atoms with E-state index in [4.69, 9.17) is 4.74 Å². The van der Waals surface area contributed by atoms with Crippen molar-refractivity contribution in [2.45, 2.75) is 31.3 Å². The van der Waals surface area contributed by atoms with Crippen molar-refractivity contribution < 1.29 is 9.53 Å². The van der Waals surface area contributed by atoms with Gasteiger partial charge in [0.15, 0.2) is 0 Å². The quantitative estimate of drug-likeness (QED) is 0.849. The normalized spacial score (nSPS) is 17.8. The minimum absolute atomic E-state index is 0.0347. The van der Waals surface area contributed by atoms with Gasteiger partial charge in [-0.15, -0.1) is 0 Å². The van der Waals surface area contributed by atoms with Gasteiger partial charge in [0.25, 0.3) is 5.91 Å². The molecule has 0 radical (unpaired) electrons. The number of hydrogen-bond donors (Lipinski definition) is 2. The summed E-state index contributed by atoms with van der Waals surface area (Å²) in [4.78, 5) is 12.5. The van der Waals surface area contributed by atoms with Crippen molar-refractivity contribution in [3.63, 3.8) is 0 Å². The molecule has 1 aromatic heterocycles. The van der Waals surface area contributed by atoms with Crippen molar-refractivity contribution in [1.29, 1.82) is 0 Å². The van der Waals surface area contributed by atoms with Gasteiger partial charge in [0.05, 0.1) is 0 Å². The lowest BCUT2D eigenvalue weighted by Crippen LogP contribution is -2.57. The Balaban J connectivity index is 1.68. The van der Waals surface area contributed by atoms with E-state index in [1.54, 1.807) is 0 Å². The molecule has 2 aromatic rings. The molecule has 1 aliphatic heterocycles. The number of rotatable bonds is 6. The standard InChI is InChI=1S/C20H27N3O2/c1-16(17-7-4-3-5-8-17)22-20(10-13-25-14-11-20)15-21-19(24)18-9-6-12-23(18)2/h3-9,12,16,22H,10-11,13-15H2,1-2H3,(H,21,24)/t16-/m0/s1. The van der Waals surface area contributed by atoms with Gasteiger partial charge >= 0.3 is 0 Å². The molecule has 0 spiro atoms. The largest absolute Gasteiger partial charge is 0.381 e. The fourth-order valence-corrected chi connectivity index (χ4v) is 3.46. The van der Waals surface area contributed by atoms with Gasteiger partial charge in [-0.25, -0.2) is 0 Å². The van der Waals surface area contributed by atoms with Crippen LogP contribution in [0.2, 0.25) is 0 Å². The Morgan fingerprint density at radius 2 is 1.92 bits per heavy atom. The SMILES string of the molecule is C[C@H](NC1(CNC(=O)c2cccn2C)CCOCC1)c1ccccc1. The molecule has 1 amide bonds. The zero-order chi connectivity index (χ0) is 17.7. The molecule has 0 unspecified atom stereocenters. The zero-order valence-electron chi connectivity index (χ0n) is 15.0. The van der Waals surface area contributed by atoms with E-state index in [0.717, 1.165) is 12.8 Å². The molecule has 1 aromatic carbocycles. The van der Waals surface area contributed by atoms with Crippen LogP contribution in [0.1, 0.15) is 41.9 Å². The Hall–Kier alpha value is -2.11. The van der Waals surface area contributed by atoms with E-state index in [1.165, 1.54) is 5.56 Å². The molecular weight excluding hydrogens is 314 g/mol. The Morgan fingerprint density at radius 1 is 1.20 bits per heavy atom. The molecular formula is C20H27N3O2. The Labute approximate surface area is 149 Å². The minimum Gasteiger partial charge on any atom is -0.381 e. The molecule has 1 aliphatic rings. The first-order valence-corrected chi connectivity index (χ1v) is 8.90. The summed E-state index contributed by atoms with van der Waals surface area (Å²) in [6, 6.07) is 14.3. The zero-order valence-corrected chi connectivity index (χ0v) is 15.0. The molecule has 1 saturated heterocycles. The average molecular weight is 341 g/mol. The van der Waals surface area contributed by atoms with Crippen molar-refractivity contribution in [2.24, 2.45) is 7.05 Å². The number of amides is 1. The Bertz CT molecular complexity index is 690. The van der Waals surface area contributed by atoms with Crippen molar-refractivity contribution in [1.82, 2.24) is 15.2 Å². The maximum absolute atomic E-state index is 12.5. The second-order valence-electron chi connectivity index (χ2n) is 6.86. The molecule has 2 N–H and O–H groups in total. The number of aromatic nitrogens is 1. The van der Waals surface area contributed by atoms with Crippen molar-refractivity contribution in [2.75, 3.05) is 19.8 Å². The topological polar surface area (TPSA) is 55.3 Å². The van der Waals surface area contributed by atoms with E-state index < -0.39 is 0 Å². The monoisotopic (exact) mass is 341 g/mol. The van der Waals surface area contributed by atoms with Crippen LogP contribution in [0.3, 0.4) is 0 Å². The summed E-state index contributed by atoms with van der Waals surface area (Å²) in [5.41, 5.74) is 1.79. The van der Waals surface area contributed by atoms with E-state index in [2.05, 4.69) is 41.8 Å². The van der Waals surface area contributed by atoms with Crippen LogP contribution in [0.15, 0.2) is 48.7 Å². The number of nitrogens with zero attached hydrogens (tertiary/aromatic N) is 1. The predicted octanol–water partition coefficient (Wildman–Crippen LogP) is 2.65. The maximum Gasteiger partial charge on any atom is 0.267 e. The average Bonchev–Trinajstić information content (AvgIpc) is 3.07. The molecule has 0 aliphatic carbocycles. The second kappa shape index (κ2) is 7.85. The number of aryl methyl sites for hydroxylation is 1. The molecule has 2 heterocycles. The number of nitrogens with one attached hydrogen (secondary N) is 2. The molecule has 1 atom stereocenters. The molecule has 0 bridgehead atoms. The third-order valence-electron chi connectivity index (χ3n) is 5.04. The number of hydrogen-bond acceptors (Lipinski definition) is 3. The first-order chi connectivity index (χ1) is 12.1.